The second-order valence-corrected chi connectivity index (χ2v) is 9.33. The van der Waals surface area contributed by atoms with E-state index in [9.17, 15) is 8.42 Å². The zero-order valence-corrected chi connectivity index (χ0v) is 11.4. The van der Waals surface area contributed by atoms with Gasteiger partial charge in [0.25, 0.3) is 0 Å². The molecule has 0 spiro atoms. The molecule has 4 rings (SSSR count). The molecule has 0 aromatic carbocycles. The Hall–Kier alpha value is -0.0900. The van der Waals surface area contributed by atoms with Crippen LogP contribution < -0.4 is 5.73 Å². The molecule has 3 nitrogen and oxygen atoms in total. The molecule has 4 bridgehead atoms. The van der Waals surface area contributed by atoms with Gasteiger partial charge in [0, 0.05) is 5.54 Å². The molecule has 0 radical (unpaired) electrons. The van der Waals surface area contributed by atoms with Crippen molar-refractivity contribution in [1.29, 1.82) is 0 Å². The number of nitrogens with two attached hydrogens (primary N) is 1. The highest BCUT2D eigenvalue weighted by molar-refractivity contribution is 7.92. The molecular formula is C13H23NO2S. The Morgan fingerprint density at radius 2 is 1.76 bits per heavy atom. The largest absolute Gasteiger partial charge is 0.325 e. The van der Waals surface area contributed by atoms with Crippen LogP contribution in [0, 0.1) is 11.8 Å². The van der Waals surface area contributed by atoms with Crippen molar-refractivity contribution in [3.63, 3.8) is 0 Å². The van der Waals surface area contributed by atoms with E-state index >= 15 is 0 Å². The first-order valence-corrected chi connectivity index (χ1v) is 8.54. The lowest BCUT2D eigenvalue weighted by atomic mass is 9.53. The molecule has 2 unspecified atom stereocenters. The van der Waals surface area contributed by atoms with Crippen LogP contribution in [0.25, 0.3) is 0 Å². The van der Waals surface area contributed by atoms with Crippen molar-refractivity contribution >= 4 is 9.84 Å². The third kappa shape index (κ3) is 1.67. The minimum absolute atomic E-state index is 0.162. The highest BCUT2D eigenvalue weighted by Crippen LogP contribution is 2.59. The molecule has 2 atom stereocenters. The summed E-state index contributed by atoms with van der Waals surface area (Å²) in [6.45, 7) is 1.95. The van der Waals surface area contributed by atoms with Crippen molar-refractivity contribution in [3.8, 4) is 0 Å². The van der Waals surface area contributed by atoms with Gasteiger partial charge in [-0.3, -0.25) is 0 Å². The van der Waals surface area contributed by atoms with Gasteiger partial charge in [-0.25, -0.2) is 8.42 Å². The third-order valence-corrected chi connectivity index (χ3v) is 7.93. The lowest BCUT2D eigenvalue weighted by Gasteiger charge is -2.60. The van der Waals surface area contributed by atoms with E-state index in [0.29, 0.717) is 17.6 Å². The van der Waals surface area contributed by atoms with E-state index in [0.717, 1.165) is 38.5 Å². The molecule has 0 heterocycles. The Kier molecular flexibility index (Phi) is 2.45. The van der Waals surface area contributed by atoms with E-state index in [2.05, 4.69) is 0 Å². The van der Waals surface area contributed by atoms with Crippen LogP contribution in [0.2, 0.25) is 0 Å². The Morgan fingerprint density at radius 3 is 2.24 bits per heavy atom. The Morgan fingerprint density at radius 1 is 1.18 bits per heavy atom. The smallest absolute Gasteiger partial charge is 0.156 e. The standard InChI is InChI=1S/C13H23NO2S/c1-2-3-17(15,16)13-7-10-4-11(8-13)6-12(14,5-10)9-13/h10-11H,2-9,14H2,1H3. The summed E-state index contributed by atoms with van der Waals surface area (Å²) < 4.78 is 24.7. The van der Waals surface area contributed by atoms with Gasteiger partial charge in [-0.1, -0.05) is 6.92 Å². The maximum absolute atomic E-state index is 12.6. The summed E-state index contributed by atoms with van der Waals surface area (Å²) in [7, 11) is -2.95. The van der Waals surface area contributed by atoms with Crippen LogP contribution in [0.4, 0.5) is 0 Å². The van der Waals surface area contributed by atoms with Crippen molar-refractivity contribution in [2.75, 3.05) is 5.75 Å². The van der Waals surface area contributed by atoms with Crippen molar-refractivity contribution < 1.29 is 8.42 Å². The van der Waals surface area contributed by atoms with E-state index in [1.165, 1.54) is 6.42 Å². The molecule has 98 valence electrons. The van der Waals surface area contributed by atoms with Crippen molar-refractivity contribution in [3.05, 3.63) is 0 Å². The lowest BCUT2D eigenvalue weighted by molar-refractivity contribution is 0.0137. The molecule has 17 heavy (non-hydrogen) atoms. The molecule has 4 heteroatoms. The van der Waals surface area contributed by atoms with Gasteiger partial charge in [0.2, 0.25) is 0 Å². The number of hydrogen-bond donors (Lipinski definition) is 1. The number of hydrogen-bond acceptors (Lipinski definition) is 3. The molecule has 4 aliphatic rings. The second-order valence-electron chi connectivity index (χ2n) is 6.83. The predicted molar refractivity (Wildman–Crippen MR) is 68.4 cm³/mol. The van der Waals surface area contributed by atoms with Crippen molar-refractivity contribution in [1.82, 2.24) is 0 Å². The van der Waals surface area contributed by atoms with Gasteiger partial charge < -0.3 is 5.73 Å². The topological polar surface area (TPSA) is 60.2 Å². The van der Waals surface area contributed by atoms with E-state index in [4.69, 9.17) is 5.73 Å². The van der Waals surface area contributed by atoms with Gasteiger partial charge in [0.05, 0.1) is 10.5 Å². The molecule has 2 N–H and O–H groups in total. The van der Waals surface area contributed by atoms with Crippen molar-refractivity contribution in [2.24, 2.45) is 17.6 Å². The maximum Gasteiger partial charge on any atom is 0.156 e. The van der Waals surface area contributed by atoms with Crippen LogP contribution in [0.3, 0.4) is 0 Å². The summed E-state index contributed by atoms with van der Waals surface area (Å²) in [5.74, 6) is 1.50. The molecular weight excluding hydrogens is 234 g/mol. The molecule has 0 saturated heterocycles. The summed E-state index contributed by atoms with van der Waals surface area (Å²) in [4.78, 5) is 0. The molecule has 0 aromatic heterocycles. The van der Waals surface area contributed by atoms with E-state index in [1.807, 2.05) is 6.92 Å². The molecule has 0 aliphatic heterocycles. The zero-order valence-electron chi connectivity index (χ0n) is 10.6. The summed E-state index contributed by atoms with van der Waals surface area (Å²) >= 11 is 0. The first kappa shape index (κ1) is 12.0. The summed E-state index contributed by atoms with van der Waals surface area (Å²) in [6, 6.07) is 0. The van der Waals surface area contributed by atoms with E-state index in [-0.39, 0.29) is 5.54 Å². The Labute approximate surface area is 104 Å². The van der Waals surface area contributed by atoms with E-state index < -0.39 is 14.6 Å². The van der Waals surface area contributed by atoms with Crippen molar-refractivity contribution in [2.45, 2.75) is 62.2 Å². The second kappa shape index (κ2) is 3.47. The molecule has 4 saturated carbocycles. The first-order valence-electron chi connectivity index (χ1n) is 6.89. The molecule has 0 amide bonds. The molecule has 0 aromatic rings. The summed E-state index contributed by atoms with van der Waals surface area (Å²) in [5, 5.41) is 0. The Balaban J connectivity index is 1.99. The van der Waals surface area contributed by atoms with Crippen LogP contribution in [0.15, 0.2) is 0 Å². The van der Waals surface area contributed by atoms with Gasteiger partial charge in [-0.05, 0) is 56.8 Å². The van der Waals surface area contributed by atoms with E-state index in [1.54, 1.807) is 0 Å². The van der Waals surface area contributed by atoms with Gasteiger partial charge >= 0.3 is 0 Å². The van der Waals surface area contributed by atoms with Crippen LogP contribution >= 0.6 is 0 Å². The summed E-state index contributed by atoms with van der Waals surface area (Å²) in [5.41, 5.74) is 6.27. The predicted octanol–water partition coefficient (Wildman–Crippen LogP) is 1.86. The average Bonchev–Trinajstić information content (AvgIpc) is 2.12. The SMILES string of the molecule is CCCS(=O)(=O)C12CC3CC(CC(N)(C3)C1)C2. The normalized spacial score (nSPS) is 48.6. The fraction of sp³-hybridized carbons (Fsp3) is 1.00. The quantitative estimate of drug-likeness (QED) is 0.839. The third-order valence-electron chi connectivity index (χ3n) is 5.19. The fourth-order valence-electron chi connectivity index (χ4n) is 5.10. The number of rotatable bonds is 3. The van der Waals surface area contributed by atoms with Gasteiger partial charge in [0.1, 0.15) is 0 Å². The van der Waals surface area contributed by atoms with Crippen LogP contribution in [0.1, 0.15) is 51.9 Å². The Bertz CT molecular complexity index is 415. The maximum atomic E-state index is 12.6. The van der Waals surface area contributed by atoms with Gasteiger partial charge in [-0.2, -0.15) is 0 Å². The minimum Gasteiger partial charge on any atom is -0.325 e. The zero-order chi connectivity index (χ0) is 12.3. The fourth-order valence-corrected chi connectivity index (χ4v) is 7.55. The molecule has 4 fully saturated rings. The minimum atomic E-state index is -2.95. The van der Waals surface area contributed by atoms with Crippen LogP contribution in [-0.2, 0) is 9.84 Å². The van der Waals surface area contributed by atoms with Crippen LogP contribution in [0.5, 0.6) is 0 Å². The summed E-state index contributed by atoms with van der Waals surface area (Å²) in [6.07, 6.45) is 6.60. The molecule has 4 aliphatic carbocycles. The highest BCUT2D eigenvalue weighted by atomic mass is 32.2. The first-order chi connectivity index (χ1) is 7.88. The monoisotopic (exact) mass is 257 g/mol. The number of sulfone groups is 1. The highest BCUT2D eigenvalue weighted by Gasteiger charge is 2.61. The van der Waals surface area contributed by atoms with Gasteiger partial charge in [0.15, 0.2) is 9.84 Å². The lowest BCUT2D eigenvalue weighted by Crippen LogP contribution is -2.65. The van der Waals surface area contributed by atoms with Gasteiger partial charge in [-0.15, -0.1) is 0 Å². The van der Waals surface area contributed by atoms with Crippen LogP contribution in [-0.4, -0.2) is 24.5 Å². The average molecular weight is 257 g/mol.